The zero-order chi connectivity index (χ0) is 21.3. The molecule has 31 heavy (non-hydrogen) atoms. The van der Waals surface area contributed by atoms with E-state index < -0.39 is 34.5 Å². The first-order valence-electron chi connectivity index (χ1n) is 11.0. The van der Waals surface area contributed by atoms with Crippen molar-refractivity contribution >= 4 is 18.1 Å². The van der Waals surface area contributed by atoms with Crippen LogP contribution < -0.4 is 0 Å². The van der Waals surface area contributed by atoms with Gasteiger partial charge in [0.25, 0.3) is 0 Å². The van der Waals surface area contributed by atoms with E-state index in [1.807, 2.05) is 0 Å². The van der Waals surface area contributed by atoms with E-state index in [0.717, 1.165) is 0 Å². The normalized spacial score (nSPS) is 45.2. The second-order valence-electron chi connectivity index (χ2n) is 9.91. The van der Waals surface area contributed by atoms with Crippen LogP contribution in [0.2, 0.25) is 0 Å². The van der Waals surface area contributed by atoms with E-state index in [2.05, 4.69) is 0 Å². The van der Waals surface area contributed by atoms with Crippen LogP contribution in [0.25, 0.3) is 0 Å². The number of esters is 2. The standard InChI is InChI=1S/C21H26O10/c22-16(28-7-13-4-25-13)20-2-12-1-19(10-20,31-18(24)30-9-15-6-27-15)11-21(20,3-12)17(23)29-8-14-5-26-14/h12-15H,1-11H2. The molecule has 0 amide bonds. The van der Waals surface area contributed by atoms with Crippen molar-refractivity contribution in [1.82, 2.24) is 0 Å². The number of hydrogen-bond acceptors (Lipinski definition) is 10. The van der Waals surface area contributed by atoms with E-state index in [0.29, 0.717) is 39.1 Å². The highest BCUT2D eigenvalue weighted by atomic mass is 16.7. The van der Waals surface area contributed by atoms with Gasteiger partial charge >= 0.3 is 18.1 Å². The van der Waals surface area contributed by atoms with Crippen LogP contribution in [-0.2, 0) is 42.7 Å². The monoisotopic (exact) mass is 438 g/mol. The zero-order valence-corrected chi connectivity index (χ0v) is 17.2. The third-order valence-electron chi connectivity index (χ3n) is 7.58. The fourth-order valence-corrected chi connectivity index (χ4v) is 6.20. The van der Waals surface area contributed by atoms with Gasteiger partial charge in [-0.1, -0.05) is 0 Å². The van der Waals surface area contributed by atoms with E-state index in [1.54, 1.807) is 0 Å². The minimum atomic E-state index is -1.06. The molecule has 10 nitrogen and oxygen atoms in total. The lowest BCUT2D eigenvalue weighted by Gasteiger charge is -2.38. The van der Waals surface area contributed by atoms with Gasteiger partial charge in [-0.2, -0.15) is 0 Å². The Labute approximate surface area is 178 Å². The van der Waals surface area contributed by atoms with Crippen molar-refractivity contribution in [2.45, 2.75) is 56.0 Å². The molecule has 0 N–H and O–H groups in total. The molecule has 3 heterocycles. The fourth-order valence-electron chi connectivity index (χ4n) is 6.20. The zero-order valence-electron chi connectivity index (χ0n) is 17.2. The number of epoxide rings is 3. The third-order valence-corrected chi connectivity index (χ3v) is 7.58. The van der Waals surface area contributed by atoms with Crippen molar-refractivity contribution in [2.75, 3.05) is 39.6 Å². The average molecular weight is 438 g/mol. The highest BCUT2D eigenvalue weighted by molar-refractivity contribution is 5.91. The first-order valence-corrected chi connectivity index (χ1v) is 11.0. The smallest absolute Gasteiger partial charge is 0.462 e. The quantitative estimate of drug-likeness (QED) is 0.289. The lowest BCUT2D eigenvalue weighted by Crippen LogP contribution is -2.47. The van der Waals surface area contributed by atoms with Crippen molar-refractivity contribution < 1.29 is 47.5 Å². The molecule has 3 aliphatic heterocycles. The van der Waals surface area contributed by atoms with Crippen molar-refractivity contribution in [1.29, 1.82) is 0 Å². The van der Waals surface area contributed by atoms with Crippen LogP contribution in [0.4, 0.5) is 4.79 Å². The summed E-state index contributed by atoms with van der Waals surface area (Å²) < 4.78 is 37.5. The average Bonchev–Trinajstić information content (AvgIpc) is 3.61. The summed E-state index contributed by atoms with van der Waals surface area (Å²) in [6.07, 6.45) is 1.14. The lowest BCUT2D eigenvalue weighted by atomic mass is 9.68. The Morgan fingerprint density at radius 3 is 1.61 bits per heavy atom. The van der Waals surface area contributed by atoms with Crippen LogP contribution in [0, 0.1) is 16.7 Å². The number of carbonyl (C=O) groups excluding carboxylic acids is 3. The molecule has 170 valence electrons. The molecule has 0 spiro atoms. The first-order chi connectivity index (χ1) is 14.9. The summed E-state index contributed by atoms with van der Waals surface area (Å²) in [7, 11) is 0. The maximum absolute atomic E-state index is 13.4. The molecule has 5 atom stereocenters. The van der Waals surface area contributed by atoms with Gasteiger partial charge in [0.15, 0.2) is 0 Å². The molecule has 5 unspecified atom stereocenters. The molecule has 4 bridgehead atoms. The van der Waals surface area contributed by atoms with Crippen molar-refractivity contribution in [3.8, 4) is 0 Å². The van der Waals surface area contributed by atoms with Crippen molar-refractivity contribution in [3.63, 3.8) is 0 Å². The summed E-state index contributed by atoms with van der Waals surface area (Å²) >= 11 is 0. The number of hydrogen-bond donors (Lipinski definition) is 0. The van der Waals surface area contributed by atoms with Gasteiger partial charge in [-0.3, -0.25) is 9.59 Å². The Kier molecular flexibility index (Phi) is 4.33. The maximum Gasteiger partial charge on any atom is 0.508 e. The molecule has 10 heteroatoms. The summed E-state index contributed by atoms with van der Waals surface area (Å²) in [4.78, 5) is 39.1. The molecule has 7 fully saturated rings. The van der Waals surface area contributed by atoms with Crippen molar-refractivity contribution in [2.24, 2.45) is 16.7 Å². The molecule has 0 aromatic carbocycles. The molecule has 7 rings (SSSR count). The predicted molar refractivity (Wildman–Crippen MR) is 97.7 cm³/mol. The second-order valence-corrected chi connectivity index (χ2v) is 9.91. The van der Waals surface area contributed by atoms with Gasteiger partial charge in [0.05, 0.1) is 30.7 Å². The molecule has 0 aromatic rings. The van der Waals surface area contributed by atoms with Crippen LogP contribution in [-0.4, -0.2) is 81.6 Å². The van der Waals surface area contributed by atoms with Gasteiger partial charge in [-0.05, 0) is 25.2 Å². The summed E-state index contributed by atoms with van der Waals surface area (Å²) in [6, 6.07) is 0. The number of rotatable bonds is 9. The van der Waals surface area contributed by atoms with Gasteiger partial charge in [0.2, 0.25) is 0 Å². The molecule has 0 aromatic heterocycles. The van der Waals surface area contributed by atoms with Crippen molar-refractivity contribution in [3.05, 3.63) is 0 Å². The van der Waals surface area contributed by atoms with Crippen LogP contribution in [0.1, 0.15) is 32.1 Å². The minimum absolute atomic E-state index is 0.0662. The van der Waals surface area contributed by atoms with Crippen LogP contribution >= 0.6 is 0 Å². The summed E-state index contributed by atoms with van der Waals surface area (Å²) in [5, 5.41) is 0. The Balaban J connectivity index is 1.24. The number of ether oxygens (including phenoxy) is 7. The second kappa shape index (κ2) is 6.79. The molecule has 0 radical (unpaired) electrons. The molecule has 4 saturated carbocycles. The van der Waals surface area contributed by atoms with Crippen LogP contribution in [0.5, 0.6) is 0 Å². The predicted octanol–water partition coefficient (Wildman–Crippen LogP) is 0.742. The van der Waals surface area contributed by atoms with Crippen LogP contribution in [0.15, 0.2) is 0 Å². The maximum atomic E-state index is 13.4. The van der Waals surface area contributed by atoms with E-state index in [9.17, 15) is 14.4 Å². The summed E-state index contributed by atoms with van der Waals surface area (Å²) in [5.41, 5.74) is -3.06. The van der Waals surface area contributed by atoms with Gasteiger partial charge in [0, 0.05) is 12.8 Å². The third kappa shape index (κ3) is 3.39. The lowest BCUT2D eigenvalue weighted by molar-refractivity contribution is -0.176. The highest BCUT2D eigenvalue weighted by Gasteiger charge is 2.80. The molecule has 3 saturated heterocycles. The van der Waals surface area contributed by atoms with E-state index in [4.69, 9.17) is 33.2 Å². The Morgan fingerprint density at radius 1 is 0.710 bits per heavy atom. The first kappa shape index (κ1) is 19.8. The number of carbonyl (C=O) groups is 3. The molecular formula is C21H26O10. The van der Waals surface area contributed by atoms with Gasteiger partial charge in [0.1, 0.15) is 43.7 Å². The Morgan fingerprint density at radius 2 is 1.16 bits per heavy atom. The SMILES string of the molecule is O=C(OCC1CO1)OC12CC3CC(C(=O)OCC4CO4)(C1)C(C(=O)OCC1CO1)(C3)C2. The Bertz CT molecular complexity index is 754. The molecule has 7 aliphatic rings. The molecule has 4 aliphatic carbocycles. The van der Waals surface area contributed by atoms with Gasteiger partial charge in [-0.15, -0.1) is 0 Å². The van der Waals surface area contributed by atoms with E-state index in [1.165, 1.54) is 0 Å². The minimum Gasteiger partial charge on any atom is -0.462 e. The fraction of sp³-hybridized carbons (Fsp3) is 0.857. The largest absolute Gasteiger partial charge is 0.508 e. The topological polar surface area (TPSA) is 126 Å². The van der Waals surface area contributed by atoms with Crippen LogP contribution in [0.3, 0.4) is 0 Å². The van der Waals surface area contributed by atoms with E-state index >= 15 is 0 Å². The Hall–Kier alpha value is -1.91. The highest BCUT2D eigenvalue weighted by Crippen LogP contribution is 2.75. The van der Waals surface area contributed by atoms with Gasteiger partial charge in [-0.25, -0.2) is 4.79 Å². The molecular weight excluding hydrogens is 412 g/mol. The summed E-state index contributed by atoms with van der Waals surface area (Å²) in [6.45, 7) is 2.19. The van der Waals surface area contributed by atoms with Gasteiger partial charge < -0.3 is 33.2 Å². The van der Waals surface area contributed by atoms with E-state index in [-0.39, 0.29) is 56.9 Å². The summed E-state index contributed by atoms with van der Waals surface area (Å²) in [5.74, 6) is -0.776.